The van der Waals surface area contributed by atoms with Gasteiger partial charge in [-0.3, -0.25) is 24.0 Å². The predicted molar refractivity (Wildman–Crippen MR) is 355 cm³/mol. The van der Waals surface area contributed by atoms with E-state index in [1.54, 1.807) is 17.8 Å². The van der Waals surface area contributed by atoms with Crippen molar-refractivity contribution in [2.24, 2.45) is 7.05 Å². The van der Waals surface area contributed by atoms with Crippen LogP contribution in [0.1, 0.15) is 79.5 Å². The van der Waals surface area contributed by atoms with Crippen molar-refractivity contribution in [1.29, 1.82) is 0 Å². The van der Waals surface area contributed by atoms with Crippen LogP contribution in [-0.4, -0.2) is 156 Å². The number of H-pyrrole nitrogens is 1. The first kappa shape index (κ1) is 63.4. The second kappa shape index (κ2) is 28.0. The molecule has 21 nitrogen and oxygen atoms in total. The number of terminal acetylenes is 1. The molecule has 480 valence electrons. The molecule has 0 bridgehead atoms. The van der Waals surface area contributed by atoms with Crippen LogP contribution < -0.4 is 37.0 Å². The lowest BCUT2D eigenvalue weighted by Crippen LogP contribution is -2.55. The number of aromatic amines is 1. The second-order valence-corrected chi connectivity index (χ2v) is 24.9. The van der Waals surface area contributed by atoms with E-state index in [4.69, 9.17) is 30.6 Å². The molecule has 3 aromatic heterocycles. The molecule has 0 spiro atoms. The van der Waals surface area contributed by atoms with Gasteiger partial charge >= 0.3 is 6.09 Å². The summed E-state index contributed by atoms with van der Waals surface area (Å²) < 4.78 is 21.3. The minimum Gasteiger partial charge on any atom is -0.436 e. The van der Waals surface area contributed by atoms with Crippen molar-refractivity contribution in [2.45, 2.75) is 87.3 Å². The van der Waals surface area contributed by atoms with Crippen molar-refractivity contribution in [3.8, 4) is 34.6 Å². The third-order valence-electron chi connectivity index (χ3n) is 18.4. The van der Waals surface area contributed by atoms with Crippen LogP contribution in [0.15, 0.2) is 151 Å². The first-order valence-electron chi connectivity index (χ1n) is 31.9. The Hall–Kier alpha value is -9.72. The van der Waals surface area contributed by atoms with E-state index in [0.29, 0.717) is 35.3 Å². The molecule has 1 saturated carbocycles. The molecule has 2 saturated heterocycles. The average Bonchev–Trinajstić information content (AvgIpc) is 1.50. The molecule has 21 heteroatoms. The lowest BCUT2D eigenvalue weighted by Gasteiger charge is -2.45. The van der Waals surface area contributed by atoms with Gasteiger partial charge in [-0.25, -0.2) is 14.8 Å². The molecule has 5 amide bonds. The number of hydrogen-bond donors (Lipinski definition) is 6. The lowest BCUT2D eigenvalue weighted by molar-refractivity contribution is -0.131. The van der Waals surface area contributed by atoms with E-state index in [9.17, 15) is 28.8 Å². The maximum atomic E-state index is 14.0. The highest BCUT2D eigenvalue weighted by Gasteiger charge is 2.45. The van der Waals surface area contributed by atoms with Crippen molar-refractivity contribution in [3.05, 3.63) is 184 Å². The predicted octanol–water partition coefficient (Wildman–Crippen LogP) is 6.83. The summed E-state index contributed by atoms with van der Waals surface area (Å²) in [6.07, 6.45) is 13.3. The van der Waals surface area contributed by atoms with Gasteiger partial charge in [0, 0.05) is 98.1 Å². The Balaban J connectivity index is 0.724. The number of carbonyl (C=O) groups excluding carboxylic acids is 5. The van der Waals surface area contributed by atoms with Crippen LogP contribution in [0.2, 0.25) is 0 Å². The van der Waals surface area contributed by atoms with Crippen molar-refractivity contribution in [3.63, 3.8) is 0 Å². The molecule has 3 fully saturated rings. The number of likely N-dealkylation sites (N-methyl/N-ethyl adjacent to an activating group) is 1. The number of piperidine rings is 2. The van der Waals surface area contributed by atoms with E-state index in [1.807, 2.05) is 134 Å². The molecular weight excluding hydrogens is 1180 g/mol. The van der Waals surface area contributed by atoms with Gasteiger partial charge in [0.1, 0.15) is 24.8 Å². The van der Waals surface area contributed by atoms with Crippen LogP contribution in [0.3, 0.4) is 0 Å². The summed E-state index contributed by atoms with van der Waals surface area (Å²) in [6.45, 7) is 4.57. The number of fused-ring (bicyclic) bond motifs is 5. The molecule has 8 aromatic rings. The summed E-state index contributed by atoms with van der Waals surface area (Å²) in [5.41, 5.74) is 7.14. The summed E-state index contributed by atoms with van der Waals surface area (Å²) in [5, 5.41) is 15.8. The number of rotatable bonds is 24. The number of pyridine rings is 1. The van der Waals surface area contributed by atoms with E-state index in [0.717, 1.165) is 125 Å². The summed E-state index contributed by atoms with van der Waals surface area (Å²) in [7, 11) is 3.17. The van der Waals surface area contributed by atoms with Crippen molar-refractivity contribution in [1.82, 2.24) is 55.9 Å². The molecule has 2 aliphatic heterocycles. The SMILES string of the molecule is C#CCNC1(C)CCN(C2CCN(c3nc(C(COCNC(=O)CNC(=O)C(Cc4ccccc4)NC(=O)CNC(=O)CN(C)C(=O)OC4c5ccccc5-c5ccccc54)(OC4CC4)c4ccccc4)c4cc(-c5cn(C)c(=O)c6[nH]ccc56)ccc4n3)CC2)CC1. The number of anilines is 1. The van der Waals surface area contributed by atoms with E-state index in [1.165, 1.54) is 7.05 Å². The molecule has 0 radical (unpaired) electrons. The highest BCUT2D eigenvalue weighted by molar-refractivity contribution is 5.98. The van der Waals surface area contributed by atoms with Crippen LogP contribution in [0.25, 0.3) is 44.1 Å². The Morgan fingerprint density at radius 1 is 0.774 bits per heavy atom. The largest absolute Gasteiger partial charge is 0.436 e. The Morgan fingerprint density at radius 2 is 1.45 bits per heavy atom. The second-order valence-electron chi connectivity index (χ2n) is 24.9. The van der Waals surface area contributed by atoms with Gasteiger partial charge in [0.2, 0.25) is 29.6 Å². The summed E-state index contributed by atoms with van der Waals surface area (Å²) >= 11 is 0. The molecule has 93 heavy (non-hydrogen) atoms. The van der Waals surface area contributed by atoms with Crippen LogP contribution in [0, 0.1) is 12.3 Å². The molecule has 6 N–H and O–H groups in total. The number of carbonyl (C=O) groups is 5. The standard InChI is InChI=1S/C72H78N12O9/c1-5-33-77-71(2)31-37-83(38-32-71)50-29-35-84(36-30-50)69-79-59-27-24-48(58-43-81(3)68(89)64-54(58)28-34-73-64)40-57(59)66(80-69)72(93-51-25-26-51,49-18-10-7-11-19-49)45-91-46-76-61(85)41-75-67(88)60(39-47-16-8-6-9-17-47)78-62(86)42-74-63(87)44-82(4)70(90)92-65-55-22-14-12-20-52(55)53-21-13-15-23-56(53)65/h1,6-24,27-28,34,40,43,50-51,60,65,73,77H,25-26,29-33,35-39,41-42,44-46H2,2-4H3,(H,74,87)(H,75,88)(H,76,85)(H,78,86). The van der Waals surface area contributed by atoms with E-state index in [2.05, 4.69) is 60.3 Å². The average molecular weight is 1260 g/mol. The van der Waals surface area contributed by atoms with E-state index < -0.39 is 67.1 Å². The van der Waals surface area contributed by atoms with E-state index in [-0.39, 0.29) is 37.0 Å². The number of likely N-dealkylation sites (tertiary alicyclic amines) is 1. The van der Waals surface area contributed by atoms with Crippen LogP contribution in [-0.2, 0) is 52.5 Å². The fraction of sp³-hybridized carbons (Fsp3) is 0.361. The van der Waals surface area contributed by atoms with Crippen LogP contribution in [0.5, 0.6) is 0 Å². The normalized spacial score (nSPS) is 16.5. The number of nitrogens with zero attached hydrogens (tertiary/aromatic N) is 6. The zero-order chi connectivity index (χ0) is 64.6. The van der Waals surface area contributed by atoms with Crippen LogP contribution in [0.4, 0.5) is 10.7 Å². The van der Waals surface area contributed by atoms with Gasteiger partial charge in [0.05, 0.1) is 43.6 Å². The first-order chi connectivity index (χ1) is 45.2. The molecule has 12 rings (SSSR count). The zero-order valence-electron chi connectivity index (χ0n) is 52.6. The quantitative estimate of drug-likeness (QED) is 0.0206. The highest BCUT2D eigenvalue weighted by Crippen LogP contribution is 2.46. The van der Waals surface area contributed by atoms with Gasteiger partial charge in [0.15, 0.2) is 11.7 Å². The number of amides is 5. The molecule has 5 heterocycles. The van der Waals surface area contributed by atoms with Crippen molar-refractivity contribution < 1.29 is 38.2 Å². The minimum absolute atomic E-state index is 0.0202. The fourth-order valence-electron chi connectivity index (χ4n) is 13.0. The molecule has 4 aliphatic rings. The number of hydrogen-bond acceptors (Lipinski definition) is 14. The monoisotopic (exact) mass is 1250 g/mol. The number of benzene rings is 5. The Morgan fingerprint density at radius 3 is 2.15 bits per heavy atom. The summed E-state index contributed by atoms with van der Waals surface area (Å²) in [4.78, 5) is 101. The molecule has 2 aliphatic carbocycles. The van der Waals surface area contributed by atoms with Gasteiger partial charge in [-0.1, -0.05) is 121 Å². The first-order valence-corrected chi connectivity index (χ1v) is 31.9. The highest BCUT2D eigenvalue weighted by atomic mass is 16.6. The third kappa shape index (κ3) is 14.3. The van der Waals surface area contributed by atoms with Gasteiger partial charge in [-0.2, -0.15) is 0 Å². The molecular formula is C72H78N12O9. The summed E-state index contributed by atoms with van der Waals surface area (Å²) in [6, 6.07) is 41.5. The number of aromatic nitrogens is 4. The van der Waals surface area contributed by atoms with Gasteiger partial charge < -0.3 is 65.0 Å². The summed E-state index contributed by atoms with van der Waals surface area (Å²) in [5.74, 6) is 0.808. The lowest BCUT2D eigenvalue weighted by atomic mass is 9.87. The van der Waals surface area contributed by atoms with Crippen LogP contribution >= 0.6 is 0 Å². The molecule has 5 aromatic carbocycles. The van der Waals surface area contributed by atoms with Gasteiger partial charge in [0.25, 0.3) is 5.56 Å². The Bertz CT molecular complexity index is 4110. The maximum Gasteiger partial charge on any atom is 0.410 e. The maximum absolute atomic E-state index is 14.0. The van der Waals surface area contributed by atoms with Gasteiger partial charge in [-0.15, -0.1) is 6.42 Å². The minimum atomic E-state index is -1.34. The van der Waals surface area contributed by atoms with E-state index >= 15 is 0 Å². The van der Waals surface area contributed by atoms with Crippen molar-refractivity contribution in [2.75, 3.05) is 77.6 Å². The van der Waals surface area contributed by atoms with Crippen molar-refractivity contribution >= 4 is 57.5 Å². The Kier molecular flexibility index (Phi) is 19.1. The Labute approximate surface area is 540 Å². The molecule has 2 atom stereocenters. The molecule has 2 unspecified atom stereocenters. The number of nitrogens with one attached hydrogen (secondary N) is 6. The fourth-order valence-corrected chi connectivity index (χ4v) is 13.0. The number of ether oxygens (including phenoxy) is 3. The van der Waals surface area contributed by atoms with Gasteiger partial charge in [-0.05, 0) is 91.5 Å². The topological polar surface area (TPSA) is 246 Å². The smallest absolute Gasteiger partial charge is 0.410 e. The third-order valence-corrected chi connectivity index (χ3v) is 18.4. The number of aryl methyl sites for hydroxylation is 1. The zero-order valence-corrected chi connectivity index (χ0v) is 52.6.